The van der Waals surface area contributed by atoms with Crippen LogP contribution in [0.4, 0.5) is 0 Å². The van der Waals surface area contributed by atoms with Crippen LogP contribution in [0.5, 0.6) is 23.0 Å². The van der Waals surface area contributed by atoms with E-state index < -0.39 is 0 Å². The molecule has 0 radical (unpaired) electrons. The van der Waals surface area contributed by atoms with Crippen molar-refractivity contribution >= 4 is 11.8 Å². The molecular formula is C21H28O4S. The number of hydrogen-bond donors (Lipinski definition) is 1. The summed E-state index contributed by atoms with van der Waals surface area (Å²) in [5.41, 5.74) is 2.00. The SMILES string of the molecule is CCOc1cc(OCC)c(C(SCC)c2cccc(O)c2)c(OCC)c1. The van der Waals surface area contributed by atoms with Crippen LogP contribution >= 0.6 is 11.8 Å². The molecule has 1 N–H and O–H groups in total. The predicted molar refractivity (Wildman–Crippen MR) is 108 cm³/mol. The predicted octanol–water partition coefficient (Wildman–Crippen LogP) is 5.43. The minimum atomic E-state index is -0.00845. The molecule has 0 saturated carbocycles. The fourth-order valence-corrected chi connectivity index (χ4v) is 3.91. The molecule has 2 aromatic rings. The van der Waals surface area contributed by atoms with E-state index in [1.54, 1.807) is 23.9 Å². The molecular weight excluding hydrogens is 348 g/mol. The third-order valence-corrected chi connectivity index (χ3v) is 4.93. The Morgan fingerprint density at radius 3 is 2.00 bits per heavy atom. The molecule has 0 aliphatic rings. The number of aromatic hydroxyl groups is 1. The van der Waals surface area contributed by atoms with Gasteiger partial charge in [-0.15, -0.1) is 11.8 Å². The van der Waals surface area contributed by atoms with E-state index in [1.807, 2.05) is 45.0 Å². The highest BCUT2D eigenvalue weighted by atomic mass is 32.2. The van der Waals surface area contributed by atoms with Crippen molar-refractivity contribution in [1.82, 2.24) is 0 Å². The molecule has 0 amide bonds. The maximum atomic E-state index is 9.94. The smallest absolute Gasteiger partial charge is 0.131 e. The number of thioether (sulfide) groups is 1. The van der Waals surface area contributed by atoms with Gasteiger partial charge in [-0.1, -0.05) is 19.1 Å². The Balaban J connectivity index is 2.63. The molecule has 1 unspecified atom stereocenters. The van der Waals surface area contributed by atoms with Gasteiger partial charge in [0.05, 0.1) is 30.6 Å². The van der Waals surface area contributed by atoms with Crippen molar-refractivity contribution in [3.63, 3.8) is 0 Å². The number of ether oxygens (including phenoxy) is 3. The van der Waals surface area contributed by atoms with Gasteiger partial charge >= 0.3 is 0 Å². The summed E-state index contributed by atoms with van der Waals surface area (Å²) >= 11 is 1.78. The van der Waals surface area contributed by atoms with Gasteiger partial charge in [-0.3, -0.25) is 0 Å². The molecule has 0 saturated heterocycles. The number of phenolic OH excluding ortho intramolecular Hbond substituents is 1. The van der Waals surface area contributed by atoms with Crippen molar-refractivity contribution in [2.45, 2.75) is 32.9 Å². The normalized spacial score (nSPS) is 11.8. The second kappa shape index (κ2) is 10.2. The van der Waals surface area contributed by atoms with Crippen molar-refractivity contribution in [2.24, 2.45) is 0 Å². The van der Waals surface area contributed by atoms with Crippen LogP contribution in [-0.4, -0.2) is 30.7 Å². The number of rotatable bonds is 10. The molecule has 0 aromatic heterocycles. The molecule has 1 atom stereocenters. The lowest BCUT2D eigenvalue weighted by Gasteiger charge is -2.24. The first-order valence-corrected chi connectivity index (χ1v) is 10.2. The maximum Gasteiger partial charge on any atom is 0.131 e. The van der Waals surface area contributed by atoms with Crippen LogP contribution in [0.1, 0.15) is 44.1 Å². The van der Waals surface area contributed by atoms with Crippen molar-refractivity contribution in [3.8, 4) is 23.0 Å². The fraction of sp³-hybridized carbons (Fsp3) is 0.429. The quantitative estimate of drug-likeness (QED) is 0.599. The summed E-state index contributed by atoms with van der Waals surface area (Å²) in [6, 6.07) is 11.2. The van der Waals surface area contributed by atoms with Gasteiger partial charge in [0, 0.05) is 12.1 Å². The third-order valence-electron chi connectivity index (χ3n) is 3.76. The Labute approximate surface area is 160 Å². The van der Waals surface area contributed by atoms with E-state index in [0.717, 1.165) is 34.1 Å². The van der Waals surface area contributed by atoms with Crippen molar-refractivity contribution in [3.05, 3.63) is 47.5 Å². The van der Waals surface area contributed by atoms with Gasteiger partial charge in [0.2, 0.25) is 0 Å². The zero-order chi connectivity index (χ0) is 18.9. The van der Waals surface area contributed by atoms with E-state index in [0.29, 0.717) is 19.8 Å². The summed E-state index contributed by atoms with van der Waals surface area (Å²) in [6.45, 7) is 9.69. The van der Waals surface area contributed by atoms with Crippen LogP contribution in [0, 0.1) is 0 Å². The van der Waals surface area contributed by atoms with Crippen LogP contribution in [0.2, 0.25) is 0 Å². The lowest BCUT2D eigenvalue weighted by molar-refractivity contribution is 0.302. The van der Waals surface area contributed by atoms with Crippen molar-refractivity contribution in [1.29, 1.82) is 0 Å². The second-order valence-corrected chi connectivity index (χ2v) is 6.94. The molecule has 0 heterocycles. The van der Waals surface area contributed by atoms with Crippen molar-refractivity contribution in [2.75, 3.05) is 25.6 Å². The lowest BCUT2D eigenvalue weighted by Crippen LogP contribution is -2.07. The van der Waals surface area contributed by atoms with Gasteiger partial charge in [-0.2, -0.15) is 0 Å². The summed E-state index contributed by atoms with van der Waals surface area (Å²) in [6.07, 6.45) is 0. The van der Waals surface area contributed by atoms with Crippen molar-refractivity contribution < 1.29 is 19.3 Å². The van der Waals surface area contributed by atoms with E-state index in [-0.39, 0.29) is 11.0 Å². The largest absolute Gasteiger partial charge is 0.508 e. The lowest BCUT2D eigenvalue weighted by atomic mass is 10.0. The molecule has 4 nitrogen and oxygen atoms in total. The van der Waals surface area contributed by atoms with Crippen LogP contribution in [0.25, 0.3) is 0 Å². The van der Waals surface area contributed by atoms with E-state index in [1.165, 1.54) is 0 Å². The monoisotopic (exact) mass is 376 g/mol. The van der Waals surface area contributed by atoms with Gasteiger partial charge in [0.25, 0.3) is 0 Å². The molecule has 2 rings (SSSR count). The Hall–Kier alpha value is -2.01. The molecule has 0 aliphatic heterocycles. The van der Waals surface area contributed by atoms with Gasteiger partial charge in [0.15, 0.2) is 0 Å². The summed E-state index contributed by atoms with van der Waals surface area (Å²) in [7, 11) is 0. The van der Waals surface area contributed by atoms with Crippen LogP contribution < -0.4 is 14.2 Å². The van der Waals surface area contributed by atoms with E-state index in [2.05, 4.69) is 6.92 Å². The minimum Gasteiger partial charge on any atom is -0.508 e. The second-order valence-electron chi connectivity index (χ2n) is 5.56. The van der Waals surface area contributed by atoms with E-state index >= 15 is 0 Å². The molecule has 0 fully saturated rings. The summed E-state index contributed by atoms with van der Waals surface area (Å²) < 4.78 is 17.6. The zero-order valence-electron chi connectivity index (χ0n) is 16.0. The Kier molecular flexibility index (Phi) is 7.98. The Morgan fingerprint density at radius 1 is 0.885 bits per heavy atom. The standard InChI is InChI=1S/C21H28O4S/c1-5-23-17-13-18(24-6-2)20(19(14-17)25-7-3)21(26-8-4)15-10-9-11-16(22)12-15/h9-14,21-22H,5-8H2,1-4H3. The fourth-order valence-electron chi connectivity index (χ4n) is 2.84. The highest BCUT2D eigenvalue weighted by molar-refractivity contribution is 7.99. The van der Waals surface area contributed by atoms with Gasteiger partial charge in [-0.05, 0) is 44.2 Å². The first-order chi connectivity index (χ1) is 12.6. The van der Waals surface area contributed by atoms with Gasteiger partial charge in [0.1, 0.15) is 23.0 Å². The topological polar surface area (TPSA) is 47.9 Å². The summed E-state index contributed by atoms with van der Waals surface area (Å²) in [4.78, 5) is 0. The van der Waals surface area contributed by atoms with E-state index in [4.69, 9.17) is 14.2 Å². The average Bonchev–Trinajstić information content (AvgIpc) is 2.61. The molecule has 0 spiro atoms. The Morgan fingerprint density at radius 2 is 1.50 bits per heavy atom. The van der Waals surface area contributed by atoms with Crippen LogP contribution in [0.15, 0.2) is 36.4 Å². The highest BCUT2D eigenvalue weighted by Crippen LogP contribution is 2.47. The first kappa shape index (κ1) is 20.3. The van der Waals surface area contributed by atoms with Gasteiger partial charge < -0.3 is 19.3 Å². The van der Waals surface area contributed by atoms with Crippen LogP contribution in [-0.2, 0) is 0 Å². The zero-order valence-corrected chi connectivity index (χ0v) is 16.8. The molecule has 2 aromatic carbocycles. The molecule has 0 aliphatic carbocycles. The number of phenols is 1. The first-order valence-electron chi connectivity index (χ1n) is 9.11. The summed E-state index contributed by atoms with van der Waals surface area (Å²) in [5, 5.41) is 9.94. The van der Waals surface area contributed by atoms with Crippen LogP contribution in [0.3, 0.4) is 0 Å². The third kappa shape index (κ3) is 5.01. The average molecular weight is 377 g/mol. The molecule has 142 valence electrons. The Bertz CT molecular complexity index is 675. The molecule has 26 heavy (non-hydrogen) atoms. The minimum absolute atomic E-state index is 0.00845. The van der Waals surface area contributed by atoms with Gasteiger partial charge in [-0.25, -0.2) is 0 Å². The number of benzene rings is 2. The van der Waals surface area contributed by atoms with E-state index in [9.17, 15) is 5.11 Å². The maximum absolute atomic E-state index is 9.94. The summed E-state index contributed by atoms with van der Waals surface area (Å²) in [5.74, 6) is 3.43. The highest BCUT2D eigenvalue weighted by Gasteiger charge is 2.25. The number of hydrogen-bond acceptors (Lipinski definition) is 5. The molecule has 0 bridgehead atoms. The molecule has 5 heteroatoms.